The van der Waals surface area contributed by atoms with E-state index in [9.17, 15) is 18.0 Å². The van der Waals surface area contributed by atoms with E-state index >= 15 is 0 Å². The van der Waals surface area contributed by atoms with Crippen LogP contribution in [-0.4, -0.2) is 13.0 Å². The smallest absolute Gasteiger partial charge is 0.370 e. The van der Waals surface area contributed by atoms with E-state index in [1.54, 1.807) is 29.2 Å². The van der Waals surface area contributed by atoms with Crippen molar-refractivity contribution in [2.24, 2.45) is 0 Å². The Morgan fingerprint density at radius 2 is 1.71 bits per heavy atom. The SMILES string of the molecule is CC(=O)OOc1ccc(SCc2sc(-c3ccc(C(F)(F)F)cc3)cc2CN(C)c2ccccc2)cc1C. The number of thiophene rings is 1. The van der Waals surface area contributed by atoms with Crippen molar-refractivity contribution < 1.29 is 27.7 Å². The number of rotatable bonds is 9. The zero-order valence-corrected chi connectivity index (χ0v) is 22.7. The first kappa shape index (κ1) is 27.6. The molecule has 0 aliphatic heterocycles. The van der Waals surface area contributed by atoms with E-state index in [1.165, 1.54) is 19.1 Å². The van der Waals surface area contributed by atoms with Crippen molar-refractivity contribution in [2.45, 2.75) is 37.2 Å². The summed E-state index contributed by atoms with van der Waals surface area (Å²) in [6.45, 7) is 3.80. The summed E-state index contributed by atoms with van der Waals surface area (Å²) in [6, 6.07) is 23.0. The number of hydrogen-bond donors (Lipinski definition) is 0. The van der Waals surface area contributed by atoms with Crippen molar-refractivity contribution >= 4 is 34.8 Å². The number of carbonyl (C=O) groups is 1. The Morgan fingerprint density at radius 1 is 1.00 bits per heavy atom. The van der Waals surface area contributed by atoms with E-state index in [1.807, 2.05) is 56.4 Å². The molecular formula is C29H26F3NO3S2. The summed E-state index contributed by atoms with van der Waals surface area (Å²) in [4.78, 5) is 25.9. The van der Waals surface area contributed by atoms with Gasteiger partial charge in [0.25, 0.3) is 0 Å². The van der Waals surface area contributed by atoms with Crippen molar-refractivity contribution in [2.75, 3.05) is 11.9 Å². The molecule has 198 valence electrons. The Hall–Kier alpha value is -3.43. The van der Waals surface area contributed by atoms with E-state index in [2.05, 4.69) is 15.9 Å². The molecule has 0 atom stereocenters. The highest BCUT2D eigenvalue weighted by Crippen LogP contribution is 2.38. The molecule has 0 radical (unpaired) electrons. The lowest BCUT2D eigenvalue weighted by Gasteiger charge is -2.19. The van der Waals surface area contributed by atoms with Gasteiger partial charge in [0.05, 0.1) is 5.56 Å². The van der Waals surface area contributed by atoms with Crippen molar-refractivity contribution in [3.63, 3.8) is 0 Å². The standard InChI is InChI=1S/C29H26F3NO3S2/c1-19-15-25(13-14-26(19)36-35-20(2)34)37-18-28-22(17-33(3)24-7-5-4-6-8-24)16-27(38-28)21-9-11-23(12-10-21)29(30,31)32/h4-16H,17-18H2,1-3H3. The largest absolute Gasteiger partial charge is 0.416 e. The molecule has 0 saturated heterocycles. The average molecular weight is 558 g/mol. The van der Waals surface area contributed by atoms with Crippen LogP contribution in [0, 0.1) is 6.92 Å². The zero-order valence-electron chi connectivity index (χ0n) is 21.0. The molecule has 1 aromatic heterocycles. The van der Waals surface area contributed by atoms with Gasteiger partial charge in [-0.2, -0.15) is 13.2 Å². The second-order valence-corrected chi connectivity index (χ2v) is 10.9. The van der Waals surface area contributed by atoms with Crippen LogP contribution in [-0.2, 0) is 28.2 Å². The summed E-state index contributed by atoms with van der Waals surface area (Å²) in [5.41, 5.74) is 3.12. The van der Waals surface area contributed by atoms with Crippen molar-refractivity contribution in [3.05, 3.63) is 100 Å². The lowest BCUT2D eigenvalue weighted by molar-refractivity contribution is -0.211. The van der Waals surface area contributed by atoms with Gasteiger partial charge in [0.15, 0.2) is 5.75 Å². The number of hydrogen-bond acceptors (Lipinski definition) is 6. The molecule has 0 amide bonds. The lowest BCUT2D eigenvalue weighted by atomic mass is 10.1. The maximum atomic E-state index is 13.1. The first-order chi connectivity index (χ1) is 18.1. The van der Waals surface area contributed by atoms with Crippen LogP contribution < -0.4 is 9.79 Å². The summed E-state index contributed by atoms with van der Waals surface area (Å²) in [7, 11) is 2.02. The van der Waals surface area contributed by atoms with Gasteiger partial charge in [0, 0.05) is 46.6 Å². The third-order valence-electron chi connectivity index (χ3n) is 5.76. The quantitative estimate of drug-likeness (QED) is 0.117. The molecule has 0 bridgehead atoms. The van der Waals surface area contributed by atoms with Gasteiger partial charge in [-0.3, -0.25) is 9.78 Å². The average Bonchev–Trinajstić information content (AvgIpc) is 3.29. The molecule has 0 aliphatic rings. The third-order valence-corrected chi connectivity index (χ3v) is 8.19. The van der Waals surface area contributed by atoms with Crippen LogP contribution in [0.5, 0.6) is 5.75 Å². The third kappa shape index (κ3) is 7.11. The summed E-state index contributed by atoms with van der Waals surface area (Å²) in [5, 5.41) is 0. The molecule has 1 heterocycles. The van der Waals surface area contributed by atoms with Gasteiger partial charge < -0.3 is 4.90 Å². The van der Waals surface area contributed by atoms with Crippen LogP contribution in [0.15, 0.2) is 83.8 Å². The van der Waals surface area contributed by atoms with E-state index in [-0.39, 0.29) is 0 Å². The highest BCUT2D eigenvalue weighted by Gasteiger charge is 2.30. The minimum absolute atomic E-state index is 0.468. The second-order valence-electron chi connectivity index (χ2n) is 8.70. The van der Waals surface area contributed by atoms with Gasteiger partial charge in [0.1, 0.15) is 0 Å². The molecule has 0 fully saturated rings. The molecule has 0 spiro atoms. The fourth-order valence-electron chi connectivity index (χ4n) is 3.78. The zero-order chi connectivity index (χ0) is 27.3. The van der Waals surface area contributed by atoms with Gasteiger partial charge in [-0.05, 0) is 72.1 Å². The Morgan fingerprint density at radius 3 is 2.34 bits per heavy atom. The Labute approximate surface area is 227 Å². The number of alkyl halides is 3. The predicted octanol–water partition coefficient (Wildman–Crippen LogP) is 8.53. The number of halogens is 3. The molecule has 0 saturated carbocycles. The number of para-hydroxylation sites is 1. The van der Waals surface area contributed by atoms with Gasteiger partial charge >= 0.3 is 12.1 Å². The molecule has 9 heteroatoms. The number of nitrogens with zero attached hydrogens (tertiary/aromatic N) is 1. The number of carbonyl (C=O) groups excluding carboxylic acids is 1. The van der Waals surface area contributed by atoms with Gasteiger partial charge in [0.2, 0.25) is 0 Å². The summed E-state index contributed by atoms with van der Waals surface area (Å²) in [6.07, 6.45) is -4.36. The first-order valence-electron chi connectivity index (χ1n) is 11.7. The summed E-state index contributed by atoms with van der Waals surface area (Å²) >= 11 is 3.24. The summed E-state index contributed by atoms with van der Waals surface area (Å²) in [5.74, 6) is 0.625. The number of anilines is 1. The molecule has 38 heavy (non-hydrogen) atoms. The minimum atomic E-state index is -4.36. The number of benzene rings is 3. The topological polar surface area (TPSA) is 38.8 Å². The maximum Gasteiger partial charge on any atom is 0.416 e. The number of aryl methyl sites for hydroxylation is 1. The maximum absolute atomic E-state index is 13.1. The Bertz CT molecular complexity index is 1390. The van der Waals surface area contributed by atoms with E-state index in [0.29, 0.717) is 18.0 Å². The van der Waals surface area contributed by atoms with E-state index in [4.69, 9.17) is 4.89 Å². The molecule has 3 aromatic carbocycles. The van der Waals surface area contributed by atoms with Gasteiger partial charge in [-0.15, -0.1) is 23.1 Å². The second kappa shape index (κ2) is 12.0. The fourth-order valence-corrected chi connectivity index (χ4v) is 6.07. The van der Waals surface area contributed by atoms with E-state index < -0.39 is 17.7 Å². The Kier molecular flexibility index (Phi) is 8.69. The van der Waals surface area contributed by atoms with Crippen LogP contribution >= 0.6 is 23.1 Å². The number of thioether (sulfide) groups is 1. The lowest BCUT2D eigenvalue weighted by Crippen LogP contribution is -2.16. The van der Waals surface area contributed by atoms with Crippen molar-refractivity contribution in [1.29, 1.82) is 0 Å². The van der Waals surface area contributed by atoms with Gasteiger partial charge in [-0.25, -0.2) is 4.79 Å². The molecule has 0 aliphatic carbocycles. The molecule has 4 nitrogen and oxygen atoms in total. The summed E-state index contributed by atoms with van der Waals surface area (Å²) < 4.78 is 39.2. The molecule has 0 unspecified atom stereocenters. The normalized spacial score (nSPS) is 11.3. The van der Waals surface area contributed by atoms with Crippen LogP contribution in [0.3, 0.4) is 0 Å². The first-order valence-corrected chi connectivity index (χ1v) is 13.5. The molecule has 4 aromatic rings. The molecular weight excluding hydrogens is 531 g/mol. The predicted molar refractivity (Wildman–Crippen MR) is 146 cm³/mol. The molecule has 0 N–H and O–H groups in total. The van der Waals surface area contributed by atoms with Gasteiger partial charge in [-0.1, -0.05) is 30.3 Å². The highest BCUT2D eigenvalue weighted by molar-refractivity contribution is 7.98. The fraction of sp³-hybridized carbons (Fsp3) is 0.207. The van der Waals surface area contributed by atoms with Crippen molar-refractivity contribution in [3.8, 4) is 16.2 Å². The van der Waals surface area contributed by atoms with Crippen LogP contribution in [0.4, 0.5) is 18.9 Å². The van der Waals surface area contributed by atoms with Crippen LogP contribution in [0.2, 0.25) is 0 Å². The van der Waals surface area contributed by atoms with E-state index in [0.717, 1.165) is 49.2 Å². The molecule has 4 rings (SSSR count). The highest BCUT2D eigenvalue weighted by atomic mass is 32.2. The van der Waals surface area contributed by atoms with Crippen molar-refractivity contribution in [1.82, 2.24) is 0 Å². The van der Waals surface area contributed by atoms with Crippen LogP contribution in [0.25, 0.3) is 10.4 Å². The monoisotopic (exact) mass is 557 g/mol. The van der Waals surface area contributed by atoms with Crippen LogP contribution in [0.1, 0.15) is 28.5 Å². The minimum Gasteiger partial charge on any atom is -0.370 e. The Balaban J connectivity index is 1.57.